The van der Waals surface area contributed by atoms with E-state index >= 15 is 0 Å². The summed E-state index contributed by atoms with van der Waals surface area (Å²) in [5.41, 5.74) is 7.08. The minimum absolute atomic E-state index is 0.0150. The number of nitrogens with zero attached hydrogens (tertiary/aromatic N) is 4. The highest BCUT2D eigenvalue weighted by molar-refractivity contribution is 6.10. The first-order chi connectivity index (χ1) is 31.1. The third-order valence-electron chi connectivity index (χ3n) is 10.1. The third kappa shape index (κ3) is 5.37. The van der Waals surface area contributed by atoms with Crippen molar-refractivity contribution in [2.75, 3.05) is 0 Å². The fourth-order valence-corrected chi connectivity index (χ4v) is 7.47. The topological polar surface area (TPSA) is 56.7 Å². The highest BCUT2D eigenvalue weighted by Crippen LogP contribution is 2.39. The first kappa shape index (κ1) is 24.6. The highest BCUT2D eigenvalue weighted by Gasteiger charge is 2.21. The smallest absolute Gasteiger partial charge is 0.166 e. The molecule has 0 N–H and O–H groups in total. The fourth-order valence-electron chi connectivity index (χ4n) is 7.47. The monoisotopic (exact) mass is 724 g/mol. The molecule has 0 radical (unpaired) electrons. The Balaban J connectivity index is 1.25. The zero-order valence-corrected chi connectivity index (χ0v) is 29.6. The summed E-state index contributed by atoms with van der Waals surface area (Å²) in [7, 11) is 0. The second-order valence-corrected chi connectivity index (χ2v) is 13.4. The molecule has 0 unspecified atom stereocenters. The van der Waals surface area contributed by atoms with Crippen molar-refractivity contribution in [1.29, 1.82) is 0 Å². The zero-order valence-electron chi connectivity index (χ0n) is 37.6. The average Bonchev–Trinajstić information content (AvgIpc) is 3.90. The minimum atomic E-state index is -0.521. The molecule has 56 heavy (non-hydrogen) atoms. The van der Waals surface area contributed by atoms with Gasteiger partial charge in [0.2, 0.25) is 0 Å². The van der Waals surface area contributed by atoms with Crippen LogP contribution in [0.4, 0.5) is 0 Å². The van der Waals surface area contributed by atoms with Gasteiger partial charge in [0.05, 0.1) is 27.7 Å². The van der Waals surface area contributed by atoms with Crippen LogP contribution in [-0.4, -0.2) is 19.5 Å². The number of hydrogen-bond donors (Lipinski definition) is 0. The van der Waals surface area contributed by atoms with Crippen molar-refractivity contribution in [1.82, 2.24) is 19.5 Å². The summed E-state index contributed by atoms with van der Waals surface area (Å²) in [6, 6.07) is 43.0. The number of aromatic nitrogens is 4. The van der Waals surface area contributed by atoms with Crippen molar-refractivity contribution >= 4 is 43.7 Å². The van der Waals surface area contributed by atoms with E-state index < -0.39 is 48.3 Å². The van der Waals surface area contributed by atoms with Crippen molar-refractivity contribution in [3.8, 4) is 62.1 Å². The molecule has 0 aliphatic heterocycles. The highest BCUT2D eigenvalue weighted by atomic mass is 16.3. The Bertz CT molecular complexity index is 3640. The number of benzene rings is 8. The predicted molar refractivity (Wildman–Crippen MR) is 229 cm³/mol. The average molecular weight is 725 g/mol. The van der Waals surface area contributed by atoms with Gasteiger partial charge in [-0.25, -0.2) is 15.0 Å². The van der Waals surface area contributed by atoms with Gasteiger partial charge in [0.15, 0.2) is 17.5 Å². The molecule has 262 valence electrons. The van der Waals surface area contributed by atoms with Crippen LogP contribution in [0.25, 0.3) is 106 Å². The van der Waals surface area contributed by atoms with E-state index in [1.165, 1.54) is 4.57 Å². The minimum Gasteiger partial charge on any atom is -0.456 e. The van der Waals surface area contributed by atoms with Gasteiger partial charge in [-0.2, -0.15) is 0 Å². The molecule has 0 bridgehead atoms. The molecule has 0 fully saturated rings. The molecule has 0 amide bonds. The molecule has 0 aliphatic rings. The Morgan fingerprint density at radius 2 is 0.946 bits per heavy atom. The predicted octanol–water partition coefficient (Wildman–Crippen LogP) is 13.2. The van der Waals surface area contributed by atoms with Crippen LogP contribution in [0.15, 0.2) is 198 Å². The largest absolute Gasteiger partial charge is 0.456 e. The zero-order chi connectivity index (χ0) is 44.0. The molecule has 8 aromatic carbocycles. The van der Waals surface area contributed by atoms with Crippen molar-refractivity contribution in [3.63, 3.8) is 0 Å². The number of furan rings is 1. The van der Waals surface area contributed by atoms with Crippen LogP contribution in [0.5, 0.6) is 0 Å². The fraction of sp³-hybridized carbons (Fsp3) is 0. The van der Waals surface area contributed by atoms with E-state index in [0.29, 0.717) is 28.5 Å². The number of para-hydroxylation sites is 3. The Morgan fingerprint density at radius 3 is 1.71 bits per heavy atom. The molecule has 0 aliphatic carbocycles. The van der Waals surface area contributed by atoms with Gasteiger partial charge in [0.1, 0.15) is 11.2 Å². The third-order valence-corrected chi connectivity index (χ3v) is 10.1. The standard InChI is InChI=1S/C51H32N4O/c1-3-14-33(15-4-1)35-18-13-19-38(30-35)50-52-49(34-16-5-2-6-17-34)53-51(54-50)43-31-36(37-26-28-42-41-22-9-12-25-47(41)56-48(42)32-37)27-29-46(43)55-44-23-10-7-20-39(44)40-21-8-11-24-45(40)55/h1-32H/i7D,8D,10D,11D,20D,21D,23D,24D. The van der Waals surface area contributed by atoms with E-state index in [1.54, 1.807) is 6.07 Å². The molecule has 11 aromatic rings. The van der Waals surface area contributed by atoms with Crippen LogP contribution in [0, 0.1) is 0 Å². The van der Waals surface area contributed by atoms with Gasteiger partial charge in [-0.3, -0.25) is 0 Å². The molecular weight excluding hydrogens is 685 g/mol. The van der Waals surface area contributed by atoms with Gasteiger partial charge >= 0.3 is 0 Å². The van der Waals surface area contributed by atoms with Gasteiger partial charge in [-0.05, 0) is 70.7 Å². The molecule has 0 saturated carbocycles. The van der Waals surface area contributed by atoms with Crippen molar-refractivity contribution < 1.29 is 15.4 Å². The lowest BCUT2D eigenvalue weighted by Gasteiger charge is -2.16. The quantitative estimate of drug-likeness (QED) is 0.171. The van der Waals surface area contributed by atoms with Crippen LogP contribution >= 0.6 is 0 Å². The van der Waals surface area contributed by atoms with Crippen LogP contribution in [0.2, 0.25) is 0 Å². The number of fused-ring (bicyclic) bond motifs is 6. The molecule has 0 spiro atoms. The van der Waals surface area contributed by atoms with E-state index in [4.69, 9.17) is 27.6 Å². The van der Waals surface area contributed by atoms with Crippen LogP contribution in [-0.2, 0) is 0 Å². The summed E-state index contributed by atoms with van der Waals surface area (Å²) in [5, 5.41) is 1.88. The summed E-state index contributed by atoms with van der Waals surface area (Å²) in [4.78, 5) is 15.3. The second kappa shape index (κ2) is 13.0. The van der Waals surface area contributed by atoms with Gasteiger partial charge in [-0.15, -0.1) is 0 Å². The second-order valence-electron chi connectivity index (χ2n) is 13.4. The summed E-state index contributed by atoms with van der Waals surface area (Å²) < 4.78 is 79.3. The molecule has 11 rings (SSSR count). The van der Waals surface area contributed by atoms with E-state index in [-0.39, 0.29) is 27.6 Å². The Hall–Kier alpha value is -7.63. The summed E-state index contributed by atoms with van der Waals surface area (Å²) in [6.45, 7) is 0. The maximum Gasteiger partial charge on any atom is 0.166 e. The molecule has 0 saturated heterocycles. The summed E-state index contributed by atoms with van der Waals surface area (Å²) in [6.07, 6.45) is 0. The lowest BCUT2D eigenvalue weighted by Crippen LogP contribution is -2.04. The van der Waals surface area contributed by atoms with Gasteiger partial charge in [-0.1, -0.05) is 145 Å². The van der Waals surface area contributed by atoms with Gasteiger partial charge in [0.25, 0.3) is 0 Å². The molecule has 0 atom stereocenters. The van der Waals surface area contributed by atoms with Crippen molar-refractivity contribution in [3.05, 3.63) is 194 Å². The van der Waals surface area contributed by atoms with Gasteiger partial charge in [0, 0.05) is 38.2 Å². The van der Waals surface area contributed by atoms with Gasteiger partial charge < -0.3 is 8.98 Å². The molecule has 3 aromatic heterocycles. The van der Waals surface area contributed by atoms with E-state index in [1.807, 2.05) is 140 Å². The van der Waals surface area contributed by atoms with Crippen molar-refractivity contribution in [2.24, 2.45) is 0 Å². The van der Waals surface area contributed by atoms with E-state index in [2.05, 4.69) is 0 Å². The molecule has 3 heterocycles. The lowest BCUT2D eigenvalue weighted by molar-refractivity contribution is 0.669. The first-order valence-corrected chi connectivity index (χ1v) is 18.1. The maximum absolute atomic E-state index is 9.28. The van der Waals surface area contributed by atoms with Crippen LogP contribution < -0.4 is 0 Å². The first-order valence-electron chi connectivity index (χ1n) is 22.1. The van der Waals surface area contributed by atoms with Crippen molar-refractivity contribution in [2.45, 2.75) is 0 Å². The maximum atomic E-state index is 9.28. The Morgan fingerprint density at radius 1 is 0.393 bits per heavy atom. The van der Waals surface area contributed by atoms with Crippen LogP contribution in [0.1, 0.15) is 11.0 Å². The molecule has 5 heteroatoms. The lowest BCUT2D eigenvalue weighted by atomic mass is 9.99. The normalized spacial score (nSPS) is 13.6. The van der Waals surface area contributed by atoms with E-state index in [0.717, 1.165) is 49.7 Å². The number of hydrogen-bond acceptors (Lipinski definition) is 4. The van der Waals surface area contributed by atoms with E-state index in [9.17, 15) is 2.74 Å². The molecular formula is C51H32N4O. The Kier molecular flexibility index (Phi) is 5.74. The summed E-state index contributed by atoms with van der Waals surface area (Å²) >= 11 is 0. The Labute approximate surface area is 334 Å². The van der Waals surface area contributed by atoms with Crippen LogP contribution in [0.3, 0.4) is 0 Å². The SMILES string of the molecule is [2H]c1c([2H])c([2H])c2c(c1[2H])c1c([2H])c([2H])c([2H])c([2H])c1n2-c1ccc(-c2ccc3c(c2)oc2ccccc23)cc1-c1nc(-c2ccccc2)nc(-c2cccc(-c3ccccc3)c2)n1. The number of rotatable bonds is 6. The molecule has 5 nitrogen and oxygen atoms in total. The summed E-state index contributed by atoms with van der Waals surface area (Å²) in [5.74, 6) is 0.955.